The maximum Gasteiger partial charge on any atom is 0.307 e. The molecular formula is C41H81NO5. The summed E-state index contributed by atoms with van der Waals surface area (Å²) in [5, 5.41) is 9.43. The highest BCUT2D eigenvalue weighted by atomic mass is 16.5. The van der Waals surface area contributed by atoms with E-state index in [1.165, 1.54) is 141 Å². The molecule has 47 heavy (non-hydrogen) atoms. The van der Waals surface area contributed by atoms with E-state index in [9.17, 15) is 14.7 Å². The lowest BCUT2D eigenvalue weighted by Gasteiger charge is -2.20. The number of aliphatic hydroxyl groups is 1. The Morgan fingerprint density at radius 1 is 0.404 bits per heavy atom. The molecule has 0 radical (unpaired) electrons. The molecule has 0 aromatic heterocycles. The van der Waals surface area contributed by atoms with Gasteiger partial charge < -0.3 is 19.5 Å². The molecule has 0 fully saturated rings. The SMILES string of the molecule is CCCCCCCCCCCCCCCOC(=O)CCCCCN(CCO)CCC(=O)OCCCCCCCCCCCCCCC. The van der Waals surface area contributed by atoms with Crippen molar-refractivity contribution in [1.29, 1.82) is 0 Å². The normalized spacial score (nSPS) is 11.4. The summed E-state index contributed by atoms with van der Waals surface area (Å²) in [6.07, 6.45) is 37.7. The number of hydrogen-bond donors (Lipinski definition) is 1. The Balaban J connectivity index is 3.56. The minimum absolute atomic E-state index is 0.0811. The number of esters is 2. The first-order valence-corrected chi connectivity index (χ1v) is 20.8. The van der Waals surface area contributed by atoms with Crippen LogP contribution in [0.5, 0.6) is 0 Å². The van der Waals surface area contributed by atoms with Gasteiger partial charge in [0.25, 0.3) is 0 Å². The van der Waals surface area contributed by atoms with E-state index >= 15 is 0 Å². The zero-order chi connectivity index (χ0) is 34.3. The minimum Gasteiger partial charge on any atom is -0.466 e. The van der Waals surface area contributed by atoms with Crippen molar-refractivity contribution in [1.82, 2.24) is 4.90 Å². The molecule has 1 N–H and O–H groups in total. The van der Waals surface area contributed by atoms with Crippen LogP contribution < -0.4 is 0 Å². The van der Waals surface area contributed by atoms with Crippen LogP contribution >= 0.6 is 0 Å². The van der Waals surface area contributed by atoms with Crippen LogP contribution in [0.2, 0.25) is 0 Å². The van der Waals surface area contributed by atoms with Gasteiger partial charge >= 0.3 is 11.9 Å². The summed E-state index contributed by atoms with van der Waals surface area (Å²) < 4.78 is 10.9. The summed E-state index contributed by atoms with van der Waals surface area (Å²) in [5.41, 5.74) is 0. The van der Waals surface area contributed by atoms with Crippen LogP contribution in [0.15, 0.2) is 0 Å². The topological polar surface area (TPSA) is 76.1 Å². The van der Waals surface area contributed by atoms with E-state index in [2.05, 4.69) is 18.7 Å². The second-order valence-electron chi connectivity index (χ2n) is 14.1. The molecule has 0 aromatic rings. The van der Waals surface area contributed by atoms with Crippen LogP contribution in [0.3, 0.4) is 0 Å². The molecule has 6 heteroatoms. The first-order chi connectivity index (χ1) is 23.1. The molecule has 0 saturated heterocycles. The zero-order valence-electron chi connectivity index (χ0n) is 31.7. The van der Waals surface area contributed by atoms with Gasteiger partial charge in [0, 0.05) is 19.5 Å². The molecule has 0 atom stereocenters. The monoisotopic (exact) mass is 668 g/mol. The molecule has 0 rings (SSSR count). The molecule has 0 aliphatic heterocycles. The van der Waals surface area contributed by atoms with E-state index in [1.807, 2.05) is 0 Å². The quantitative estimate of drug-likeness (QED) is 0.0519. The summed E-state index contributed by atoms with van der Waals surface area (Å²) >= 11 is 0. The number of rotatable bonds is 39. The van der Waals surface area contributed by atoms with E-state index in [0.717, 1.165) is 51.5 Å². The molecule has 0 amide bonds. The lowest BCUT2D eigenvalue weighted by molar-refractivity contribution is -0.145. The zero-order valence-corrected chi connectivity index (χ0v) is 31.7. The Morgan fingerprint density at radius 2 is 0.745 bits per heavy atom. The Hall–Kier alpha value is -1.14. The fourth-order valence-corrected chi connectivity index (χ4v) is 6.26. The number of hydrogen-bond acceptors (Lipinski definition) is 6. The van der Waals surface area contributed by atoms with E-state index < -0.39 is 0 Å². The molecule has 0 saturated carbocycles. The van der Waals surface area contributed by atoms with Gasteiger partial charge in [0.2, 0.25) is 0 Å². The number of carbonyl (C=O) groups excluding carboxylic acids is 2. The first-order valence-electron chi connectivity index (χ1n) is 20.8. The van der Waals surface area contributed by atoms with E-state index in [-0.39, 0.29) is 18.5 Å². The number of carbonyl (C=O) groups is 2. The summed E-state index contributed by atoms with van der Waals surface area (Å²) in [6.45, 7) is 7.69. The Kier molecular flexibility index (Phi) is 38.3. The van der Waals surface area contributed by atoms with E-state index in [1.54, 1.807) is 0 Å². The predicted molar refractivity (Wildman–Crippen MR) is 200 cm³/mol. The van der Waals surface area contributed by atoms with Crippen LogP contribution in [-0.2, 0) is 19.1 Å². The lowest BCUT2D eigenvalue weighted by Crippen LogP contribution is -2.30. The van der Waals surface area contributed by atoms with Crippen molar-refractivity contribution in [3.63, 3.8) is 0 Å². The fourth-order valence-electron chi connectivity index (χ4n) is 6.26. The van der Waals surface area contributed by atoms with Gasteiger partial charge in [-0.15, -0.1) is 0 Å². The Morgan fingerprint density at radius 3 is 1.13 bits per heavy atom. The molecule has 6 nitrogen and oxygen atoms in total. The van der Waals surface area contributed by atoms with Gasteiger partial charge in [0.15, 0.2) is 0 Å². The molecule has 0 heterocycles. The summed E-state index contributed by atoms with van der Waals surface area (Å²) in [5.74, 6) is -0.222. The highest BCUT2D eigenvalue weighted by molar-refractivity contribution is 5.69. The molecule has 0 aromatic carbocycles. The van der Waals surface area contributed by atoms with Crippen LogP contribution in [0.25, 0.3) is 0 Å². The van der Waals surface area contributed by atoms with Crippen LogP contribution in [0.4, 0.5) is 0 Å². The first kappa shape index (κ1) is 45.9. The molecule has 0 aliphatic carbocycles. The molecule has 0 spiro atoms. The Labute approximate surface area is 292 Å². The molecule has 280 valence electrons. The lowest BCUT2D eigenvalue weighted by atomic mass is 10.0. The van der Waals surface area contributed by atoms with E-state index in [0.29, 0.717) is 39.1 Å². The van der Waals surface area contributed by atoms with Gasteiger partial charge in [0.1, 0.15) is 0 Å². The van der Waals surface area contributed by atoms with Gasteiger partial charge in [0.05, 0.1) is 26.2 Å². The fraction of sp³-hybridized carbons (Fsp3) is 0.951. The number of unbranched alkanes of at least 4 members (excludes halogenated alkanes) is 26. The molecule has 0 unspecified atom stereocenters. The van der Waals surface area contributed by atoms with Crippen molar-refractivity contribution < 1.29 is 24.2 Å². The van der Waals surface area contributed by atoms with Crippen molar-refractivity contribution >= 4 is 11.9 Å². The summed E-state index contributed by atoms with van der Waals surface area (Å²) in [7, 11) is 0. The van der Waals surface area contributed by atoms with Crippen molar-refractivity contribution in [2.75, 3.05) is 39.5 Å². The maximum absolute atomic E-state index is 12.2. The maximum atomic E-state index is 12.2. The highest BCUT2D eigenvalue weighted by Gasteiger charge is 2.10. The second kappa shape index (κ2) is 39.3. The smallest absolute Gasteiger partial charge is 0.307 e. The predicted octanol–water partition coefficient (Wildman–Crippen LogP) is 11.5. The van der Waals surface area contributed by atoms with Gasteiger partial charge in [-0.2, -0.15) is 0 Å². The van der Waals surface area contributed by atoms with Crippen molar-refractivity contribution in [3.8, 4) is 0 Å². The van der Waals surface area contributed by atoms with Crippen molar-refractivity contribution in [2.45, 2.75) is 213 Å². The van der Waals surface area contributed by atoms with E-state index in [4.69, 9.17) is 9.47 Å². The number of aliphatic hydroxyl groups excluding tert-OH is 1. The highest BCUT2D eigenvalue weighted by Crippen LogP contribution is 2.14. The average molecular weight is 668 g/mol. The van der Waals surface area contributed by atoms with Gasteiger partial charge in [-0.1, -0.05) is 174 Å². The third-order valence-electron chi connectivity index (χ3n) is 9.43. The second-order valence-corrected chi connectivity index (χ2v) is 14.1. The van der Waals surface area contributed by atoms with Crippen molar-refractivity contribution in [3.05, 3.63) is 0 Å². The van der Waals surface area contributed by atoms with Gasteiger partial charge in [-0.3, -0.25) is 9.59 Å². The van der Waals surface area contributed by atoms with Crippen molar-refractivity contribution in [2.24, 2.45) is 0 Å². The van der Waals surface area contributed by atoms with Gasteiger partial charge in [-0.25, -0.2) is 0 Å². The standard InChI is InChI=1S/C41H81NO5/c1-3-5-7-9-11-13-15-17-19-21-23-25-30-38-46-40(44)32-28-27-29-34-42(36-37-43)35-33-41(45)47-39-31-26-24-22-20-18-16-14-12-10-8-6-4-2/h43H,3-39H2,1-2H3. The minimum atomic E-state index is -0.141. The molecule has 0 aliphatic rings. The summed E-state index contributed by atoms with van der Waals surface area (Å²) in [6, 6.07) is 0. The largest absolute Gasteiger partial charge is 0.466 e. The summed E-state index contributed by atoms with van der Waals surface area (Å²) in [4.78, 5) is 26.4. The average Bonchev–Trinajstić information content (AvgIpc) is 3.07. The molecular weight excluding hydrogens is 586 g/mol. The third-order valence-corrected chi connectivity index (χ3v) is 9.43. The molecule has 0 bridgehead atoms. The number of nitrogens with zero attached hydrogens (tertiary/aromatic N) is 1. The Bertz CT molecular complexity index is 643. The van der Waals surface area contributed by atoms with Gasteiger partial charge in [-0.05, 0) is 32.2 Å². The van der Waals surface area contributed by atoms with Crippen LogP contribution in [0, 0.1) is 0 Å². The van der Waals surface area contributed by atoms with Crippen LogP contribution in [-0.4, -0.2) is 61.4 Å². The van der Waals surface area contributed by atoms with Crippen LogP contribution in [0.1, 0.15) is 213 Å². The third kappa shape index (κ3) is 37.5. The number of ether oxygens (including phenoxy) is 2.